The number of imidazole rings is 1. The van der Waals surface area contributed by atoms with E-state index in [4.69, 9.17) is 4.42 Å². The second-order valence-corrected chi connectivity index (χ2v) is 6.30. The molecule has 27 heavy (non-hydrogen) atoms. The van der Waals surface area contributed by atoms with E-state index in [0.717, 1.165) is 11.0 Å². The fraction of sp³-hybridized carbons (Fsp3) is 0.316. The lowest BCUT2D eigenvalue weighted by molar-refractivity contribution is -0.132. The molecular formula is C19H21N5O3. The van der Waals surface area contributed by atoms with Gasteiger partial charge in [-0.1, -0.05) is 12.1 Å². The highest BCUT2D eigenvalue weighted by atomic mass is 16.3. The first kappa shape index (κ1) is 17.1. The number of para-hydroxylation sites is 2. The molecule has 0 bridgehead atoms. The van der Waals surface area contributed by atoms with Crippen LogP contribution in [-0.4, -0.2) is 36.1 Å². The third kappa shape index (κ3) is 2.83. The normalized spacial score (nSPS) is 11.5. The Morgan fingerprint density at radius 3 is 2.59 bits per heavy atom. The molecule has 1 aromatic carbocycles. The Balaban J connectivity index is 1.69. The van der Waals surface area contributed by atoms with Crippen LogP contribution in [0.2, 0.25) is 0 Å². The van der Waals surface area contributed by atoms with E-state index in [1.54, 1.807) is 21.6 Å². The van der Waals surface area contributed by atoms with Crippen LogP contribution < -0.4 is 5.69 Å². The van der Waals surface area contributed by atoms with Gasteiger partial charge in [-0.2, -0.15) is 0 Å². The van der Waals surface area contributed by atoms with Gasteiger partial charge in [-0.15, -0.1) is 5.10 Å². The molecule has 3 heterocycles. The lowest BCUT2D eigenvalue weighted by Crippen LogP contribution is -2.36. The van der Waals surface area contributed by atoms with Gasteiger partial charge in [0.25, 0.3) is 0 Å². The van der Waals surface area contributed by atoms with Crippen LogP contribution in [0, 0.1) is 0 Å². The number of amides is 1. The van der Waals surface area contributed by atoms with E-state index in [0.29, 0.717) is 31.2 Å². The van der Waals surface area contributed by atoms with Crippen LogP contribution in [0.3, 0.4) is 0 Å². The zero-order valence-corrected chi connectivity index (χ0v) is 15.3. The molecule has 4 aromatic rings. The summed E-state index contributed by atoms with van der Waals surface area (Å²) >= 11 is 0. The van der Waals surface area contributed by atoms with Gasteiger partial charge < -0.3 is 13.9 Å². The highest BCUT2D eigenvalue weighted by Crippen LogP contribution is 2.18. The Bertz CT molecular complexity index is 1150. The van der Waals surface area contributed by atoms with E-state index in [2.05, 4.69) is 5.10 Å². The fourth-order valence-electron chi connectivity index (χ4n) is 3.38. The molecule has 0 atom stereocenters. The summed E-state index contributed by atoms with van der Waals surface area (Å²) < 4.78 is 10.1. The number of likely N-dealkylation sites (N-methyl/N-ethyl adjacent to an activating group) is 1. The molecule has 0 saturated carbocycles. The highest BCUT2D eigenvalue weighted by Gasteiger charge is 2.20. The number of rotatable bonds is 6. The molecular weight excluding hydrogens is 346 g/mol. The van der Waals surface area contributed by atoms with E-state index in [-0.39, 0.29) is 18.1 Å². The number of benzene rings is 1. The summed E-state index contributed by atoms with van der Waals surface area (Å²) in [7, 11) is 0. The average Bonchev–Trinajstić information content (AvgIpc) is 3.37. The van der Waals surface area contributed by atoms with Gasteiger partial charge >= 0.3 is 5.69 Å². The number of hydrogen-bond donors (Lipinski definition) is 0. The van der Waals surface area contributed by atoms with Crippen molar-refractivity contribution in [3.63, 3.8) is 0 Å². The van der Waals surface area contributed by atoms with Gasteiger partial charge in [0.15, 0.2) is 0 Å². The van der Waals surface area contributed by atoms with Gasteiger partial charge in [0.1, 0.15) is 12.3 Å². The van der Waals surface area contributed by atoms with Crippen LogP contribution in [0.5, 0.6) is 0 Å². The molecule has 0 aliphatic carbocycles. The van der Waals surface area contributed by atoms with Crippen molar-refractivity contribution in [1.29, 1.82) is 0 Å². The Kier molecular flexibility index (Phi) is 4.31. The van der Waals surface area contributed by atoms with Gasteiger partial charge in [-0.3, -0.25) is 4.79 Å². The summed E-state index contributed by atoms with van der Waals surface area (Å²) in [6.07, 6.45) is 1.58. The molecule has 140 valence electrons. The number of carbonyl (C=O) groups is 1. The van der Waals surface area contributed by atoms with E-state index >= 15 is 0 Å². The number of carbonyl (C=O) groups excluding carboxylic acids is 1. The molecule has 0 radical (unpaired) electrons. The first-order valence-electron chi connectivity index (χ1n) is 9.01. The van der Waals surface area contributed by atoms with Crippen molar-refractivity contribution < 1.29 is 9.21 Å². The summed E-state index contributed by atoms with van der Waals surface area (Å²) in [5, 5.41) is 4.43. The third-order valence-electron chi connectivity index (χ3n) is 4.74. The molecule has 0 aliphatic heterocycles. The molecule has 0 N–H and O–H groups in total. The molecule has 8 heteroatoms. The summed E-state index contributed by atoms with van der Waals surface area (Å²) in [6.45, 7) is 5.36. The molecule has 0 fully saturated rings. The zero-order chi connectivity index (χ0) is 19.0. The maximum absolute atomic E-state index is 12.9. The van der Waals surface area contributed by atoms with Crippen molar-refractivity contribution in [1.82, 2.24) is 23.6 Å². The molecule has 0 aliphatic rings. The summed E-state index contributed by atoms with van der Waals surface area (Å²) in [5.74, 6) is 1.07. The molecule has 0 saturated heterocycles. The Labute approximate surface area is 155 Å². The van der Waals surface area contributed by atoms with Gasteiger partial charge in [0.05, 0.1) is 23.8 Å². The average molecular weight is 367 g/mol. The second-order valence-electron chi connectivity index (χ2n) is 6.30. The molecule has 8 nitrogen and oxygen atoms in total. The number of furan rings is 1. The highest BCUT2D eigenvalue weighted by molar-refractivity contribution is 5.80. The van der Waals surface area contributed by atoms with Crippen molar-refractivity contribution in [2.75, 3.05) is 6.54 Å². The Morgan fingerprint density at radius 1 is 1.15 bits per heavy atom. The smallest absolute Gasteiger partial charge is 0.352 e. The van der Waals surface area contributed by atoms with Crippen molar-refractivity contribution >= 4 is 22.7 Å². The first-order chi connectivity index (χ1) is 13.1. The first-order valence-corrected chi connectivity index (χ1v) is 9.01. The van der Waals surface area contributed by atoms with Crippen molar-refractivity contribution in [3.8, 4) is 0 Å². The topological polar surface area (TPSA) is 77.7 Å². The van der Waals surface area contributed by atoms with Gasteiger partial charge in [-0.25, -0.2) is 13.9 Å². The minimum absolute atomic E-state index is 0.104. The monoisotopic (exact) mass is 367 g/mol. The number of nitrogens with zero attached hydrogens (tertiary/aromatic N) is 5. The largest absolute Gasteiger partial charge is 0.467 e. The number of hydrogen-bond acceptors (Lipinski definition) is 4. The van der Waals surface area contributed by atoms with E-state index < -0.39 is 0 Å². The van der Waals surface area contributed by atoms with Crippen molar-refractivity contribution in [2.45, 2.75) is 33.5 Å². The lowest BCUT2D eigenvalue weighted by Gasteiger charge is -2.19. The van der Waals surface area contributed by atoms with E-state index in [1.807, 2.05) is 48.7 Å². The molecule has 3 aromatic heterocycles. The van der Waals surface area contributed by atoms with Crippen LogP contribution in [-0.2, 0) is 24.4 Å². The van der Waals surface area contributed by atoms with E-state index in [9.17, 15) is 9.59 Å². The maximum Gasteiger partial charge on any atom is 0.352 e. The van der Waals surface area contributed by atoms with Crippen LogP contribution in [0.4, 0.5) is 0 Å². The van der Waals surface area contributed by atoms with Crippen molar-refractivity contribution in [2.24, 2.45) is 0 Å². The fourth-order valence-corrected chi connectivity index (χ4v) is 3.38. The lowest BCUT2D eigenvalue weighted by atomic mass is 10.3. The summed E-state index contributed by atoms with van der Waals surface area (Å²) in [6, 6.07) is 11.3. The van der Waals surface area contributed by atoms with Crippen LogP contribution >= 0.6 is 0 Å². The van der Waals surface area contributed by atoms with E-state index in [1.165, 1.54) is 4.68 Å². The molecule has 0 spiro atoms. The Morgan fingerprint density at radius 2 is 1.93 bits per heavy atom. The number of aromatic nitrogens is 4. The van der Waals surface area contributed by atoms with Crippen molar-refractivity contribution in [3.05, 3.63) is 58.9 Å². The standard InChI is InChI=1S/C19H21N5O3/c1-3-21(12-14-8-7-11-27-14)17(25)13-23-19(26)24-16-10-6-5-9-15(16)22(4-2)18(24)20-23/h5-11H,3-4,12-13H2,1-2H3. The summed E-state index contributed by atoms with van der Waals surface area (Å²) in [5.41, 5.74) is 1.43. The second kappa shape index (κ2) is 6.79. The van der Waals surface area contributed by atoms with Crippen LogP contribution in [0.15, 0.2) is 51.9 Å². The minimum Gasteiger partial charge on any atom is -0.467 e. The van der Waals surface area contributed by atoms with Crippen LogP contribution in [0.1, 0.15) is 19.6 Å². The predicted octanol–water partition coefficient (Wildman–Crippen LogP) is 2.11. The SMILES string of the molecule is CCN(Cc1ccco1)C(=O)Cn1nc2n(CC)c3ccccc3n2c1=O. The molecule has 1 amide bonds. The van der Waals surface area contributed by atoms with Gasteiger partial charge in [0, 0.05) is 13.1 Å². The summed E-state index contributed by atoms with van der Waals surface area (Å²) in [4.78, 5) is 27.2. The minimum atomic E-state index is -0.309. The molecule has 0 unspecified atom stereocenters. The maximum atomic E-state index is 12.9. The zero-order valence-electron chi connectivity index (χ0n) is 15.3. The quantitative estimate of drug-likeness (QED) is 0.523. The van der Waals surface area contributed by atoms with Gasteiger partial charge in [-0.05, 0) is 38.1 Å². The van der Waals surface area contributed by atoms with Crippen LogP contribution in [0.25, 0.3) is 16.8 Å². The number of fused-ring (bicyclic) bond motifs is 3. The number of aryl methyl sites for hydroxylation is 1. The third-order valence-corrected chi connectivity index (χ3v) is 4.74. The molecule has 4 rings (SSSR count). The predicted molar refractivity (Wildman–Crippen MR) is 100 cm³/mol. The Hall–Kier alpha value is -3.29. The van der Waals surface area contributed by atoms with Gasteiger partial charge in [0.2, 0.25) is 11.7 Å².